The minimum Gasteiger partial charge on any atom is -0.351 e. The highest BCUT2D eigenvalue weighted by atomic mass is 127. The monoisotopic (exact) mass is 476 g/mol. The lowest BCUT2D eigenvalue weighted by atomic mass is 10.2. The number of guanidine groups is 1. The van der Waals surface area contributed by atoms with Gasteiger partial charge in [0.2, 0.25) is 0 Å². The number of nitrogens with one attached hydrogen (secondary N) is 1. The van der Waals surface area contributed by atoms with Gasteiger partial charge in [-0.15, -0.1) is 24.0 Å². The molecule has 3 rings (SSSR count). The summed E-state index contributed by atoms with van der Waals surface area (Å²) in [7, 11) is 3.80. The number of hydrogen-bond donors (Lipinski definition) is 1. The lowest BCUT2D eigenvalue weighted by Crippen LogP contribution is -2.38. The van der Waals surface area contributed by atoms with Crippen LogP contribution in [0.25, 0.3) is 5.69 Å². The van der Waals surface area contributed by atoms with Crippen LogP contribution in [0.2, 0.25) is 0 Å². The van der Waals surface area contributed by atoms with Gasteiger partial charge in [-0.2, -0.15) is 5.10 Å². The van der Waals surface area contributed by atoms with Gasteiger partial charge in [-0.25, -0.2) is 4.68 Å². The van der Waals surface area contributed by atoms with Crippen LogP contribution >= 0.6 is 24.0 Å². The summed E-state index contributed by atoms with van der Waals surface area (Å²) < 4.78 is 1.89. The second-order valence-corrected chi connectivity index (χ2v) is 6.15. The zero-order chi connectivity index (χ0) is 18.4. The van der Waals surface area contributed by atoms with Gasteiger partial charge in [-0.1, -0.05) is 24.3 Å². The molecule has 0 aliphatic heterocycles. The SMILES string of the molecule is CN=C(NCc1ncccc1C)N(C)Cc1cnn(-c2ccccc2)c1.I. The van der Waals surface area contributed by atoms with Gasteiger partial charge in [0.25, 0.3) is 0 Å². The summed E-state index contributed by atoms with van der Waals surface area (Å²) in [6.07, 6.45) is 5.75. The molecule has 0 radical (unpaired) electrons. The standard InChI is InChI=1S/C20H24N6.HI/c1-16-8-7-11-22-19(16)13-23-20(21-2)25(3)14-17-12-24-26(15-17)18-9-5-4-6-10-18;/h4-12,15H,13-14H2,1-3H3,(H,21,23);1H. The number of aryl methyl sites for hydroxylation is 1. The summed E-state index contributed by atoms with van der Waals surface area (Å²) in [4.78, 5) is 10.9. The molecule has 0 bridgehead atoms. The van der Waals surface area contributed by atoms with E-state index in [1.807, 2.05) is 66.7 Å². The maximum atomic E-state index is 4.45. The van der Waals surface area contributed by atoms with Crippen LogP contribution in [0.1, 0.15) is 16.8 Å². The van der Waals surface area contributed by atoms with Gasteiger partial charge < -0.3 is 10.2 Å². The Bertz CT molecular complexity index is 875. The Morgan fingerprint density at radius 1 is 1.19 bits per heavy atom. The molecule has 3 aromatic rings. The van der Waals surface area contributed by atoms with E-state index in [9.17, 15) is 0 Å². The van der Waals surface area contributed by atoms with E-state index in [0.717, 1.165) is 22.9 Å². The summed E-state index contributed by atoms with van der Waals surface area (Å²) in [5, 5.41) is 7.82. The predicted molar refractivity (Wildman–Crippen MR) is 120 cm³/mol. The molecule has 0 aliphatic carbocycles. The molecule has 0 spiro atoms. The summed E-state index contributed by atoms with van der Waals surface area (Å²) >= 11 is 0. The molecule has 0 unspecified atom stereocenters. The van der Waals surface area contributed by atoms with Crippen molar-refractivity contribution < 1.29 is 0 Å². The first-order valence-corrected chi connectivity index (χ1v) is 8.58. The van der Waals surface area contributed by atoms with Gasteiger partial charge in [0.1, 0.15) is 0 Å². The fourth-order valence-corrected chi connectivity index (χ4v) is 2.76. The number of aromatic nitrogens is 3. The van der Waals surface area contributed by atoms with E-state index in [-0.39, 0.29) is 24.0 Å². The van der Waals surface area contributed by atoms with Gasteiger partial charge >= 0.3 is 0 Å². The van der Waals surface area contributed by atoms with Gasteiger partial charge in [0.05, 0.1) is 24.1 Å². The van der Waals surface area contributed by atoms with Crippen molar-refractivity contribution in [3.63, 3.8) is 0 Å². The third kappa shape index (κ3) is 5.53. The number of benzene rings is 1. The molecular formula is C20H25IN6. The molecule has 6 nitrogen and oxygen atoms in total. The first-order chi connectivity index (χ1) is 12.7. The minimum absolute atomic E-state index is 0. The van der Waals surface area contributed by atoms with E-state index in [1.54, 1.807) is 7.05 Å². The summed E-state index contributed by atoms with van der Waals surface area (Å²) in [6.45, 7) is 3.43. The molecular weight excluding hydrogens is 451 g/mol. The maximum absolute atomic E-state index is 4.45. The van der Waals surface area contributed by atoms with E-state index in [2.05, 4.69) is 38.3 Å². The van der Waals surface area contributed by atoms with Crippen molar-refractivity contribution in [2.75, 3.05) is 14.1 Å². The van der Waals surface area contributed by atoms with E-state index in [0.29, 0.717) is 13.1 Å². The van der Waals surface area contributed by atoms with E-state index >= 15 is 0 Å². The van der Waals surface area contributed by atoms with Crippen LogP contribution in [0.4, 0.5) is 0 Å². The highest BCUT2D eigenvalue weighted by Crippen LogP contribution is 2.09. The number of rotatable bonds is 5. The lowest BCUT2D eigenvalue weighted by Gasteiger charge is -2.21. The summed E-state index contributed by atoms with van der Waals surface area (Å²) in [5.41, 5.74) is 4.36. The molecule has 27 heavy (non-hydrogen) atoms. The Labute approximate surface area is 177 Å². The number of para-hydroxylation sites is 1. The number of nitrogens with zero attached hydrogens (tertiary/aromatic N) is 5. The molecule has 2 aromatic heterocycles. The highest BCUT2D eigenvalue weighted by molar-refractivity contribution is 14.0. The van der Waals surface area contributed by atoms with Crippen molar-refractivity contribution in [1.29, 1.82) is 0 Å². The molecule has 1 N–H and O–H groups in total. The van der Waals surface area contributed by atoms with Crippen molar-refractivity contribution in [3.05, 3.63) is 77.9 Å². The average molecular weight is 476 g/mol. The number of aliphatic imine (C=N–C) groups is 1. The van der Waals surface area contributed by atoms with Crippen LogP contribution in [-0.2, 0) is 13.1 Å². The maximum Gasteiger partial charge on any atom is 0.194 e. The Hall–Kier alpha value is -2.42. The summed E-state index contributed by atoms with van der Waals surface area (Å²) in [6, 6.07) is 14.1. The van der Waals surface area contributed by atoms with Crippen LogP contribution in [0.15, 0.2) is 66.0 Å². The lowest BCUT2D eigenvalue weighted by molar-refractivity contribution is 0.476. The van der Waals surface area contributed by atoms with Crippen molar-refractivity contribution in [2.24, 2.45) is 4.99 Å². The molecule has 0 saturated heterocycles. The molecule has 2 heterocycles. The van der Waals surface area contributed by atoms with Crippen molar-refractivity contribution in [2.45, 2.75) is 20.0 Å². The molecule has 1 aromatic carbocycles. The quantitative estimate of drug-likeness (QED) is 0.349. The molecule has 0 atom stereocenters. The second kappa shape index (κ2) is 10.1. The van der Waals surface area contributed by atoms with Gasteiger partial charge in [0, 0.05) is 38.6 Å². The Balaban J connectivity index is 0.00000261. The average Bonchev–Trinajstić information content (AvgIpc) is 3.13. The summed E-state index contributed by atoms with van der Waals surface area (Å²) in [5.74, 6) is 0.822. The van der Waals surface area contributed by atoms with Gasteiger partial charge in [-0.3, -0.25) is 9.98 Å². The third-order valence-electron chi connectivity index (χ3n) is 4.18. The molecule has 7 heteroatoms. The first-order valence-electron chi connectivity index (χ1n) is 8.58. The van der Waals surface area contributed by atoms with Crippen molar-refractivity contribution >= 4 is 29.9 Å². The molecule has 0 saturated carbocycles. The second-order valence-electron chi connectivity index (χ2n) is 6.15. The third-order valence-corrected chi connectivity index (χ3v) is 4.18. The number of pyridine rings is 1. The van der Waals surface area contributed by atoms with Gasteiger partial charge in [0.15, 0.2) is 5.96 Å². The van der Waals surface area contributed by atoms with E-state index in [1.165, 1.54) is 5.56 Å². The fourth-order valence-electron chi connectivity index (χ4n) is 2.76. The zero-order valence-electron chi connectivity index (χ0n) is 15.8. The van der Waals surface area contributed by atoms with Crippen LogP contribution in [0, 0.1) is 6.92 Å². The Kier molecular flexibility index (Phi) is 7.78. The van der Waals surface area contributed by atoms with Crippen LogP contribution in [0.3, 0.4) is 0 Å². The molecule has 0 fully saturated rings. The predicted octanol–water partition coefficient (Wildman–Crippen LogP) is 3.40. The number of halogens is 1. The van der Waals surface area contributed by atoms with Crippen LogP contribution in [0.5, 0.6) is 0 Å². The highest BCUT2D eigenvalue weighted by Gasteiger charge is 2.09. The van der Waals surface area contributed by atoms with Crippen LogP contribution < -0.4 is 5.32 Å². The zero-order valence-corrected chi connectivity index (χ0v) is 18.2. The minimum atomic E-state index is 0. The molecule has 142 valence electrons. The van der Waals surface area contributed by atoms with Crippen LogP contribution in [-0.4, -0.2) is 39.7 Å². The molecule has 0 aliphatic rings. The Morgan fingerprint density at radius 2 is 1.96 bits per heavy atom. The van der Waals surface area contributed by atoms with Crippen molar-refractivity contribution in [1.82, 2.24) is 25.0 Å². The Morgan fingerprint density at radius 3 is 2.67 bits per heavy atom. The smallest absolute Gasteiger partial charge is 0.194 e. The van der Waals surface area contributed by atoms with Gasteiger partial charge in [-0.05, 0) is 30.7 Å². The molecule has 0 amide bonds. The normalized spacial score (nSPS) is 11.0. The van der Waals surface area contributed by atoms with E-state index in [4.69, 9.17) is 0 Å². The first kappa shape index (κ1) is 20.9. The largest absolute Gasteiger partial charge is 0.351 e. The number of hydrogen-bond acceptors (Lipinski definition) is 3. The van der Waals surface area contributed by atoms with E-state index < -0.39 is 0 Å². The topological polar surface area (TPSA) is 58.3 Å². The fraction of sp³-hybridized carbons (Fsp3) is 0.250. The van der Waals surface area contributed by atoms with Crippen molar-refractivity contribution in [3.8, 4) is 5.69 Å².